The zero-order chi connectivity index (χ0) is 11.4. The van der Waals surface area contributed by atoms with Crippen molar-refractivity contribution in [2.24, 2.45) is 0 Å². The molecule has 0 aliphatic heterocycles. The van der Waals surface area contributed by atoms with E-state index in [1.165, 1.54) is 25.0 Å². The van der Waals surface area contributed by atoms with Crippen molar-refractivity contribution in [3.8, 4) is 0 Å². The van der Waals surface area contributed by atoms with Gasteiger partial charge in [-0.15, -0.1) is 0 Å². The minimum atomic E-state index is 0.566. The van der Waals surface area contributed by atoms with E-state index < -0.39 is 0 Å². The van der Waals surface area contributed by atoms with Crippen molar-refractivity contribution in [1.82, 2.24) is 0 Å². The van der Waals surface area contributed by atoms with Crippen molar-refractivity contribution in [2.45, 2.75) is 9.99 Å². The molecule has 0 aliphatic carbocycles. The molecule has 4 heteroatoms. The number of hydrogen-bond acceptors (Lipinski definition) is 3. The van der Waals surface area contributed by atoms with Crippen LogP contribution in [0.2, 0.25) is 0 Å². The molecule has 0 radical (unpaired) electrons. The quantitative estimate of drug-likeness (QED) is 0.354. The largest absolute Gasteiger partial charge is 0.624 e. The second-order valence-corrected chi connectivity index (χ2v) is 4.33. The fourth-order valence-electron chi connectivity index (χ4n) is 1.24. The van der Waals surface area contributed by atoms with E-state index in [2.05, 4.69) is 0 Å². The van der Waals surface area contributed by atoms with E-state index in [4.69, 9.17) is 4.42 Å². The molecule has 2 aromatic rings. The maximum absolute atomic E-state index is 10.8. The lowest BCUT2D eigenvalue weighted by molar-refractivity contribution is -0.417. The first-order chi connectivity index (χ1) is 7.74. The van der Waals surface area contributed by atoms with Crippen LogP contribution in [-0.2, 0) is 0 Å². The number of furan rings is 1. The average Bonchev–Trinajstić information content (AvgIpc) is 2.66. The lowest BCUT2D eigenvalue weighted by Crippen LogP contribution is -1.95. The summed E-state index contributed by atoms with van der Waals surface area (Å²) in [4.78, 5) is 1.11. The predicted octanol–water partition coefficient (Wildman–Crippen LogP) is 2.99. The molecule has 0 unspecified atom stereocenters. The summed E-state index contributed by atoms with van der Waals surface area (Å²) in [7, 11) is 1.42. The highest BCUT2D eigenvalue weighted by Gasteiger charge is 2.03. The first-order valence-corrected chi connectivity index (χ1v) is 5.63. The monoisotopic (exact) mass is 233 g/mol. The SMILES string of the molecule is C/[N+]([O-])=C\c1ccc(Sc2ccccc2)o1. The van der Waals surface area contributed by atoms with Gasteiger partial charge in [-0.25, -0.2) is 4.74 Å². The Bertz CT molecular complexity index is 487. The van der Waals surface area contributed by atoms with Crippen LogP contribution in [-0.4, -0.2) is 18.0 Å². The molecule has 1 aromatic carbocycles. The number of rotatable bonds is 3. The summed E-state index contributed by atoms with van der Waals surface area (Å²) in [6.45, 7) is 0. The third-order valence-electron chi connectivity index (χ3n) is 1.87. The topological polar surface area (TPSA) is 39.2 Å². The lowest BCUT2D eigenvalue weighted by Gasteiger charge is -1.96. The van der Waals surface area contributed by atoms with Crippen molar-refractivity contribution >= 4 is 18.0 Å². The molecule has 2 rings (SSSR count). The predicted molar refractivity (Wildman–Crippen MR) is 64.0 cm³/mol. The molecule has 1 aromatic heterocycles. The molecule has 0 N–H and O–H groups in total. The van der Waals surface area contributed by atoms with Crippen LogP contribution in [0.3, 0.4) is 0 Å². The molecule has 0 atom stereocenters. The second kappa shape index (κ2) is 4.90. The highest BCUT2D eigenvalue weighted by Crippen LogP contribution is 2.28. The average molecular weight is 233 g/mol. The van der Waals surface area contributed by atoms with Crippen LogP contribution in [0.5, 0.6) is 0 Å². The van der Waals surface area contributed by atoms with Gasteiger partial charge in [-0.2, -0.15) is 0 Å². The zero-order valence-electron chi connectivity index (χ0n) is 8.79. The Balaban J connectivity index is 2.12. The first-order valence-electron chi connectivity index (χ1n) is 4.81. The highest BCUT2D eigenvalue weighted by molar-refractivity contribution is 7.99. The maximum atomic E-state index is 10.8. The Hall–Kier alpha value is -1.68. The van der Waals surface area contributed by atoms with E-state index in [9.17, 15) is 5.21 Å². The Morgan fingerprint density at radius 3 is 2.62 bits per heavy atom. The van der Waals surface area contributed by atoms with Gasteiger partial charge in [-0.3, -0.25) is 0 Å². The summed E-state index contributed by atoms with van der Waals surface area (Å²) >= 11 is 1.53. The molecular weight excluding hydrogens is 222 g/mol. The molecule has 0 saturated heterocycles. The van der Waals surface area contributed by atoms with E-state index in [0.717, 1.165) is 14.7 Å². The van der Waals surface area contributed by atoms with E-state index in [-0.39, 0.29) is 0 Å². The van der Waals surface area contributed by atoms with Crippen LogP contribution >= 0.6 is 11.8 Å². The third-order valence-corrected chi connectivity index (χ3v) is 2.80. The molecule has 16 heavy (non-hydrogen) atoms. The first kappa shape index (κ1) is 10.8. The molecule has 0 fully saturated rings. The van der Waals surface area contributed by atoms with Gasteiger partial charge in [0.25, 0.3) is 0 Å². The van der Waals surface area contributed by atoms with Crippen LogP contribution in [0.4, 0.5) is 0 Å². The fraction of sp³-hybridized carbons (Fsp3) is 0.0833. The summed E-state index contributed by atoms with van der Waals surface area (Å²) in [5, 5.41) is 11.6. The van der Waals surface area contributed by atoms with Gasteiger partial charge in [0.05, 0.1) is 0 Å². The van der Waals surface area contributed by atoms with Crippen molar-refractivity contribution in [2.75, 3.05) is 7.05 Å². The van der Waals surface area contributed by atoms with Crippen molar-refractivity contribution in [3.05, 3.63) is 53.4 Å². The van der Waals surface area contributed by atoms with Crippen LogP contribution in [0, 0.1) is 5.21 Å². The molecule has 0 amide bonds. The van der Waals surface area contributed by atoms with Crippen molar-refractivity contribution in [1.29, 1.82) is 0 Å². The van der Waals surface area contributed by atoms with Gasteiger partial charge in [-0.05, 0) is 24.3 Å². The van der Waals surface area contributed by atoms with Crippen LogP contribution in [0.15, 0.2) is 56.9 Å². The zero-order valence-corrected chi connectivity index (χ0v) is 9.61. The van der Waals surface area contributed by atoms with Gasteiger partial charge in [0.15, 0.2) is 10.9 Å². The summed E-state index contributed by atoms with van der Waals surface area (Å²) in [5.41, 5.74) is 0. The minimum absolute atomic E-state index is 0.566. The van der Waals surface area contributed by atoms with E-state index >= 15 is 0 Å². The maximum Gasteiger partial charge on any atom is 0.217 e. The number of hydrogen-bond donors (Lipinski definition) is 0. The fourth-order valence-corrected chi connectivity index (χ4v) is 2.04. The molecule has 0 spiro atoms. The lowest BCUT2D eigenvalue weighted by atomic mass is 10.4. The summed E-state index contributed by atoms with van der Waals surface area (Å²) in [6, 6.07) is 13.6. The minimum Gasteiger partial charge on any atom is -0.624 e. The molecule has 0 saturated carbocycles. The van der Waals surface area contributed by atoms with Gasteiger partial charge >= 0.3 is 0 Å². The number of benzene rings is 1. The van der Waals surface area contributed by atoms with Gasteiger partial charge < -0.3 is 9.62 Å². The van der Waals surface area contributed by atoms with Crippen LogP contribution in [0.1, 0.15) is 5.76 Å². The summed E-state index contributed by atoms with van der Waals surface area (Å²) in [6.07, 6.45) is 1.40. The van der Waals surface area contributed by atoms with Gasteiger partial charge in [0, 0.05) is 4.90 Å². The van der Waals surface area contributed by atoms with Crippen LogP contribution in [0.25, 0.3) is 0 Å². The van der Waals surface area contributed by atoms with Gasteiger partial charge in [0.1, 0.15) is 7.05 Å². The summed E-state index contributed by atoms with van der Waals surface area (Å²) in [5.74, 6) is 0.566. The molecule has 0 bridgehead atoms. The molecule has 3 nitrogen and oxygen atoms in total. The molecule has 82 valence electrons. The van der Waals surface area contributed by atoms with Gasteiger partial charge in [-0.1, -0.05) is 30.0 Å². The van der Waals surface area contributed by atoms with Gasteiger partial charge in [0.2, 0.25) is 6.21 Å². The highest BCUT2D eigenvalue weighted by atomic mass is 32.2. The molecular formula is C12H11NO2S. The van der Waals surface area contributed by atoms with Crippen molar-refractivity contribution in [3.63, 3.8) is 0 Å². The molecule has 0 aliphatic rings. The Morgan fingerprint density at radius 1 is 1.19 bits per heavy atom. The standard InChI is InChI=1S/C12H11NO2S/c1-13(14)9-10-7-8-12(15-10)16-11-5-3-2-4-6-11/h2-9H,1H3/b13-9+. The number of nitrogens with zero attached hydrogens (tertiary/aromatic N) is 1. The normalized spacial score (nSPS) is 11.7. The van der Waals surface area contributed by atoms with E-state index in [1.54, 1.807) is 6.07 Å². The third kappa shape index (κ3) is 2.90. The van der Waals surface area contributed by atoms with Crippen molar-refractivity contribution < 1.29 is 9.16 Å². The van der Waals surface area contributed by atoms with E-state index in [1.807, 2.05) is 36.4 Å². The Kier molecular flexibility index (Phi) is 3.31. The number of hydroxylamine groups is 1. The Labute approximate surface area is 98.0 Å². The van der Waals surface area contributed by atoms with Crippen LogP contribution < -0.4 is 0 Å². The molecule has 1 heterocycles. The smallest absolute Gasteiger partial charge is 0.217 e. The summed E-state index contributed by atoms with van der Waals surface area (Å²) < 4.78 is 6.18. The Morgan fingerprint density at radius 2 is 1.94 bits per heavy atom. The van der Waals surface area contributed by atoms with E-state index in [0.29, 0.717) is 5.76 Å². The second-order valence-electron chi connectivity index (χ2n) is 3.25.